The van der Waals surface area contributed by atoms with Crippen molar-refractivity contribution in [2.45, 2.75) is 50.9 Å². The number of hydrogen-bond donors (Lipinski definition) is 1. The monoisotopic (exact) mass is 236 g/mol. The first-order valence-electron chi connectivity index (χ1n) is 4.77. The third-order valence-electron chi connectivity index (χ3n) is 1.81. The lowest BCUT2D eigenvalue weighted by molar-refractivity contribution is -0.117. The van der Waals surface area contributed by atoms with Crippen molar-refractivity contribution in [1.29, 1.82) is 0 Å². The smallest absolute Gasteiger partial charge is 0.151 e. The van der Waals surface area contributed by atoms with Crippen LogP contribution in [0, 0.1) is 0 Å². The molecule has 0 radical (unpaired) electrons. The summed E-state index contributed by atoms with van der Waals surface area (Å²) in [5, 5.41) is 0. The molecule has 0 aromatic heterocycles. The lowest BCUT2D eigenvalue weighted by Gasteiger charge is -2.26. The van der Waals surface area contributed by atoms with Crippen molar-refractivity contribution in [3.63, 3.8) is 0 Å². The van der Waals surface area contributed by atoms with Crippen LogP contribution < -0.4 is 0 Å². The minimum Gasteiger partial charge on any atom is -0.375 e. The van der Waals surface area contributed by atoms with Crippen molar-refractivity contribution < 1.29 is 9.53 Å². The van der Waals surface area contributed by atoms with Gasteiger partial charge in [0, 0.05) is 17.8 Å². The van der Waals surface area contributed by atoms with Crippen LogP contribution in [0.4, 0.5) is 0 Å². The second kappa shape index (κ2) is 5.48. The SMILES string of the molecule is CC(C)(S)CCOC(C)(C)CC(=O)P. The molecule has 0 saturated carbocycles. The highest BCUT2D eigenvalue weighted by molar-refractivity contribution is 7.81. The Labute approximate surface area is 94.8 Å². The molecular formula is C10H21O2PS. The molecule has 0 N–H and O–H groups in total. The first kappa shape index (κ1) is 14.4. The number of thiol groups is 1. The van der Waals surface area contributed by atoms with Crippen LogP contribution in [0.1, 0.15) is 40.5 Å². The average molecular weight is 236 g/mol. The van der Waals surface area contributed by atoms with E-state index < -0.39 is 0 Å². The first-order valence-corrected chi connectivity index (χ1v) is 5.79. The van der Waals surface area contributed by atoms with Gasteiger partial charge in [0.15, 0.2) is 5.52 Å². The van der Waals surface area contributed by atoms with Crippen LogP contribution in [0.2, 0.25) is 0 Å². The Kier molecular flexibility index (Phi) is 5.64. The van der Waals surface area contributed by atoms with Gasteiger partial charge in [0.1, 0.15) is 0 Å². The third kappa shape index (κ3) is 8.98. The van der Waals surface area contributed by atoms with Crippen LogP contribution in [0.15, 0.2) is 0 Å². The summed E-state index contributed by atoms with van der Waals surface area (Å²) in [6, 6.07) is 0. The van der Waals surface area contributed by atoms with Gasteiger partial charge in [0.25, 0.3) is 0 Å². The zero-order chi connectivity index (χ0) is 11.4. The first-order chi connectivity index (χ1) is 6.12. The molecule has 1 unspecified atom stereocenters. The number of carbonyl (C=O) groups is 1. The molecule has 0 saturated heterocycles. The molecule has 0 aromatic carbocycles. The fraction of sp³-hybridized carbons (Fsp3) is 0.900. The Hall–Kier alpha value is 0.410. The average Bonchev–Trinajstić information content (AvgIpc) is 1.78. The minimum absolute atomic E-state index is 0.0128. The van der Waals surface area contributed by atoms with Crippen LogP contribution >= 0.6 is 21.9 Å². The van der Waals surface area contributed by atoms with Gasteiger partial charge in [0.05, 0.1) is 5.60 Å². The third-order valence-corrected chi connectivity index (χ3v) is 2.23. The molecule has 0 rings (SSSR count). The molecule has 0 aromatic rings. The highest BCUT2D eigenvalue weighted by Crippen LogP contribution is 2.21. The van der Waals surface area contributed by atoms with Gasteiger partial charge in [-0.3, -0.25) is 4.79 Å². The second-order valence-electron chi connectivity index (χ2n) is 4.81. The summed E-state index contributed by atoms with van der Waals surface area (Å²) < 4.78 is 5.62. The molecule has 0 aliphatic rings. The molecular weight excluding hydrogens is 215 g/mol. The van der Waals surface area contributed by atoms with E-state index in [2.05, 4.69) is 21.9 Å². The topological polar surface area (TPSA) is 26.3 Å². The Bertz CT molecular complexity index is 197. The van der Waals surface area contributed by atoms with Crippen LogP contribution in [-0.2, 0) is 9.53 Å². The summed E-state index contributed by atoms with van der Waals surface area (Å²) in [4.78, 5) is 10.9. The lowest BCUT2D eigenvalue weighted by atomic mass is 10.1. The van der Waals surface area contributed by atoms with Gasteiger partial charge in [-0.2, -0.15) is 12.6 Å². The number of carbonyl (C=O) groups excluding carboxylic acids is 1. The summed E-state index contributed by atoms with van der Waals surface area (Å²) >= 11 is 4.40. The summed E-state index contributed by atoms with van der Waals surface area (Å²) in [6.07, 6.45) is 1.31. The molecule has 0 amide bonds. The van der Waals surface area contributed by atoms with Crippen LogP contribution in [0.5, 0.6) is 0 Å². The van der Waals surface area contributed by atoms with Crippen LogP contribution in [0.25, 0.3) is 0 Å². The van der Waals surface area contributed by atoms with Gasteiger partial charge < -0.3 is 4.74 Å². The maximum absolute atomic E-state index is 10.9. The Balaban J connectivity index is 3.82. The number of hydrogen-bond acceptors (Lipinski definition) is 3. The van der Waals surface area contributed by atoms with Crippen molar-refractivity contribution in [1.82, 2.24) is 0 Å². The molecule has 0 aliphatic carbocycles. The normalized spacial score (nSPS) is 13.0. The van der Waals surface area contributed by atoms with Gasteiger partial charge in [-0.05, 0) is 20.3 Å². The maximum atomic E-state index is 10.9. The summed E-state index contributed by atoms with van der Waals surface area (Å²) in [5.41, 5.74) is -0.280. The van der Waals surface area contributed by atoms with E-state index in [1.54, 1.807) is 0 Å². The number of ether oxygens (including phenoxy) is 1. The predicted molar refractivity (Wildman–Crippen MR) is 67.0 cm³/mol. The largest absolute Gasteiger partial charge is 0.375 e. The maximum Gasteiger partial charge on any atom is 0.151 e. The highest BCUT2D eigenvalue weighted by atomic mass is 32.1. The molecule has 0 fully saturated rings. The van der Waals surface area contributed by atoms with E-state index in [0.29, 0.717) is 13.0 Å². The standard InChI is InChI=1S/C10H21O2PS/c1-9(2,7-8(11)13)12-6-5-10(3,4)14/h14H,5-7,13H2,1-4H3. The lowest BCUT2D eigenvalue weighted by Crippen LogP contribution is -2.28. The van der Waals surface area contributed by atoms with E-state index in [-0.39, 0.29) is 15.9 Å². The Morgan fingerprint density at radius 3 is 2.21 bits per heavy atom. The van der Waals surface area contributed by atoms with Gasteiger partial charge in [-0.1, -0.05) is 23.1 Å². The molecule has 0 aliphatic heterocycles. The minimum atomic E-state index is -0.363. The van der Waals surface area contributed by atoms with E-state index in [1.807, 2.05) is 27.7 Å². The molecule has 0 heterocycles. The van der Waals surface area contributed by atoms with E-state index >= 15 is 0 Å². The quantitative estimate of drug-likeness (QED) is 0.567. The van der Waals surface area contributed by atoms with E-state index in [9.17, 15) is 4.79 Å². The summed E-state index contributed by atoms with van der Waals surface area (Å²) in [6.45, 7) is 8.60. The van der Waals surface area contributed by atoms with Crippen molar-refractivity contribution in [2.24, 2.45) is 0 Å². The molecule has 1 atom stereocenters. The van der Waals surface area contributed by atoms with Gasteiger partial charge >= 0.3 is 0 Å². The van der Waals surface area contributed by atoms with E-state index in [0.717, 1.165) is 6.42 Å². The van der Waals surface area contributed by atoms with Gasteiger partial charge in [-0.25, -0.2) is 0 Å². The second-order valence-corrected chi connectivity index (χ2v) is 6.67. The molecule has 4 heteroatoms. The highest BCUT2D eigenvalue weighted by Gasteiger charge is 2.21. The van der Waals surface area contributed by atoms with Crippen molar-refractivity contribution in [3.8, 4) is 0 Å². The fourth-order valence-corrected chi connectivity index (χ4v) is 1.63. The predicted octanol–water partition coefficient (Wildman–Crippen LogP) is 2.67. The fourth-order valence-electron chi connectivity index (χ4n) is 1.05. The molecule has 0 bridgehead atoms. The zero-order valence-electron chi connectivity index (χ0n) is 9.46. The number of rotatable bonds is 6. The van der Waals surface area contributed by atoms with E-state index in [1.165, 1.54) is 0 Å². The van der Waals surface area contributed by atoms with Crippen LogP contribution in [0.3, 0.4) is 0 Å². The zero-order valence-corrected chi connectivity index (χ0v) is 11.5. The Morgan fingerprint density at radius 1 is 1.36 bits per heavy atom. The molecule has 2 nitrogen and oxygen atoms in total. The van der Waals surface area contributed by atoms with E-state index in [4.69, 9.17) is 4.74 Å². The molecule has 84 valence electrons. The molecule has 0 spiro atoms. The van der Waals surface area contributed by atoms with Crippen molar-refractivity contribution >= 4 is 27.4 Å². The van der Waals surface area contributed by atoms with Gasteiger partial charge in [-0.15, -0.1) is 0 Å². The van der Waals surface area contributed by atoms with Crippen molar-refractivity contribution in [2.75, 3.05) is 6.61 Å². The van der Waals surface area contributed by atoms with Crippen molar-refractivity contribution in [3.05, 3.63) is 0 Å². The summed E-state index contributed by atoms with van der Waals surface area (Å²) in [7, 11) is 2.18. The van der Waals surface area contributed by atoms with Gasteiger partial charge in [0.2, 0.25) is 0 Å². The molecule has 14 heavy (non-hydrogen) atoms. The Morgan fingerprint density at radius 2 is 1.86 bits per heavy atom. The van der Waals surface area contributed by atoms with Crippen LogP contribution in [-0.4, -0.2) is 22.5 Å². The summed E-state index contributed by atoms with van der Waals surface area (Å²) in [5.74, 6) is 0.